The average Bonchev–Trinajstić information content (AvgIpc) is 1.75. The van der Waals surface area contributed by atoms with Gasteiger partial charge >= 0.3 is 10.6 Å². The second-order valence-corrected chi connectivity index (χ2v) is 0.612. The molecule has 0 bridgehead atoms. The zero-order valence-corrected chi connectivity index (χ0v) is 5.66. The molecule has 9 heavy (non-hydrogen) atoms. The van der Waals surface area contributed by atoms with Crippen LogP contribution in [0.3, 0.4) is 0 Å². The summed E-state index contributed by atoms with van der Waals surface area (Å²) in [6.07, 6.45) is 0. The Bertz CT molecular complexity index is 96.0. The molecular formula is C4H13NO3S. The monoisotopic (exact) mass is 155 g/mol. The first-order chi connectivity index (χ1) is 3.73. The second-order valence-electron chi connectivity index (χ2n) is 0.204. The van der Waals surface area contributed by atoms with Gasteiger partial charge in [0.05, 0.1) is 0 Å². The molecule has 0 unspecified atom stereocenters. The lowest BCUT2D eigenvalue weighted by Gasteiger charge is -1.11. The molecule has 0 saturated heterocycles. The summed E-state index contributed by atoms with van der Waals surface area (Å²) in [5.74, 6) is 0. The maximum absolute atomic E-state index is 8.44. The van der Waals surface area contributed by atoms with E-state index in [0.717, 1.165) is 0 Å². The number of hydrogen-bond donors (Lipinski definition) is 1. The van der Waals surface area contributed by atoms with Crippen LogP contribution in [0.25, 0.3) is 0 Å². The highest BCUT2D eigenvalue weighted by molar-refractivity contribution is 7.59. The third-order valence-corrected chi connectivity index (χ3v) is 0. The summed E-state index contributed by atoms with van der Waals surface area (Å²) in [6.45, 7) is 6.50. The van der Waals surface area contributed by atoms with Crippen LogP contribution in [0.4, 0.5) is 0 Å². The lowest BCUT2D eigenvalue weighted by Crippen LogP contribution is -1.40. The Kier molecular flexibility index (Phi) is 146. The molecule has 5 heteroatoms. The van der Waals surface area contributed by atoms with E-state index >= 15 is 0 Å². The van der Waals surface area contributed by atoms with Crippen LogP contribution in [0.1, 0.15) is 21.3 Å². The first-order valence-corrected chi connectivity index (χ1v) is 2.85. The smallest absolute Gasteiger partial charge is 0.317 e. The molecule has 0 rings (SSSR count). The molecule has 0 aliphatic rings. The van der Waals surface area contributed by atoms with E-state index in [-0.39, 0.29) is 7.43 Å². The molecule has 0 aromatic rings. The van der Waals surface area contributed by atoms with Crippen molar-refractivity contribution in [3.63, 3.8) is 0 Å². The average molecular weight is 155 g/mol. The van der Waals surface area contributed by atoms with Crippen molar-refractivity contribution in [3.8, 4) is 0 Å². The third-order valence-electron chi connectivity index (χ3n) is 0. The van der Waals surface area contributed by atoms with Crippen LogP contribution in [0, 0.1) is 5.41 Å². The quantitative estimate of drug-likeness (QED) is 0.528. The summed E-state index contributed by atoms with van der Waals surface area (Å²) in [5.41, 5.74) is 0. The standard InChI is InChI=1S/C2H6.CH3N.CH4.O3S/c2*1-2;;1-4(2)3/h1-2H3;2H,1H2;1H4;. The van der Waals surface area contributed by atoms with E-state index in [1.54, 1.807) is 0 Å². The van der Waals surface area contributed by atoms with Gasteiger partial charge < -0.3 is 5.41 Å². The molecule has 0 fully saturated rings. The zero-order valence-electron chi connectivity index (χ0n) is 4.84. The molecule has 0 saturated carbocycles. The molecule has 4 nitrogen and oxygen atoms in total. The fourth-order valence-electron chi connectivity index (χ4n) is 0. The van der Waals surface area contributed by atoms with E-state index in [1.807, 2.05) is 13.8 Å². The highest BCUT2D eigenvalue weighted by Crippen LogP contribution is 1.14. The zero-order chi connectivity index (χ0) is 7.58. The molecule has 0 atom stereocenters. The van der Waals surface area contributed by atoms with Crippen molar-refractivity contribution >= 4 is 17.3 Å². The molecule has 0 aliphatic heterocycles. The Morgan fingerprint density at radius 2 is 1.11 bits per heavy atom. The largest absolute Gasteiger partial charge is 0.425 e. The SMILES string of the molecule is C.C=N.CC.O=S(=O)=O. The Morgan fingerprint density at radius 1 is 1.11 bits per heavy atom. The Hall–Kier alpha value is -0.710. The maximum Gasteiger partial charge on any atom is 0.425 e. The van der Waals surface area contributed by atoms with Crippen LogP contribution in [0.5, 0.6) is 0 Å². The van der Waals surface area contributed by atoms with Gasteiger partial charge in [-0.1, -0.05) is 21.3 Å². The minimum Gasteiger partial charge on any atom is -0.317 e. The summed E-state index contributed by atoms with van der Waals surface area (Å²) in [7, 11) is -3.11. The summed E-state index contributed by atoms with van der Waals surface area (Å²) in [4.78, 5) is 0. The summed E-state index contributed by atoms with van der Waals surface area (Å²) >= 11 is 0. The molecule has 0 aromatic heterocycles. The van der Waals surface area contributed by atoms with Gasteiger partial charge in [0.15, 0.2) is 0 Å². The number of hydrogen-bond acceptors (Lipinski definition) is 4. The topological polar surface area (TPSA) is 75.1 Å². The van der Waals surface area contributed by atoms with Gasteiger partial charge in [-0.05, 0) is 6.72 Å². The fraction of sp³-hybridized carbons (Fsp3) is 0.750. The third kappa shape index (κ3) is 405. The fourth-order valence-corrected chi connectivity index (χ4v) is 0. The molecule has 58 valence electrons. The molecular weight excluding hydrogens is 142 g/mol. The van der Waals surface area contributed by atoms with Crippen molar-refractivity contribution in [3.05, 3.63) is 0 Å². The van der Waals surface area contributed by atoms with Crippen LogP contribution >= 0.6 is 0 Å². The molecule has 0 spiro atoms. The Morgan fingerprint density at radius 3 is 1.11 bits per heavy atom. The van der Waals surface area contributed by atoms with Gasteiger partial charge in [0.1, 0.15) is 0 Å². The summed E-state index contributed by atoms with van der Waals surface area (Å²) < 4.78 is 25.3. The van der Waals surface area contributed by atoms with E-state index in [1.165, 1.54) is 0 Å². The van der Waals surface area contributed by atoms with E-state index < -0.39 is 10.6 Å². The minimum absolute atomic E-state index is 0. The lowest BCUT2D eigenvalue weighted by atomic mass is 11.0. The molecule has 0 heterocycles. The van der Waals surface area contributed by atoms with Crippen molar-refractivity contribution < 1.29 is 12.6 Å². The van der Waals surface area contributed by atoms with Crippen molar-refractivity contribution in [2.75, 3.05) is 0 Å². The van der Waals surface area contributed by atoms with Gasteiger partial charge in [-0.15, -0.1) is 12.6 Å². The molecule has 1 N–H and O–H groups in total. The lowest BCUT2D eigenvalue weighted by molar-refractivity contribution is 0.559. The van der Waals surface area contributed by atoms with Crippen molar-refractivity contribution in [1.82, 2.24) is 0 Å². The summed E-state index contributed by atoms with van der Waals surface area (Å²) in [6, 6.07) is 0. The van der Waals surface area contributed by atoms with Crippen LogP contribution in [-0.4, -0.2) is 19.3 Å². The van der Waals surface area contributed by atoms with Gasteiger partial charge in [0, 0.05) is 0 Å². The van der Waals surface area contributed by atoms with Crippen LogP contribution in [-0.2, 0) is 10.6 Å². The highest BCUT2D eigenvalue weighted by Gasteiger charge is 1.40. The second kappa shape index (κ2) is 55.0. The predicted octanol–water partition coefficient (Wildman–Crippen LogP) is 0.924. The van der Waals surface area contributed by atoms with Crippen molar-refractivity contribution in [1.29, 1.82) is 5.41 Å². The summed E-state index contributed by atoms with van der Waals surface area (Å²) in [5, 5.41) is 5.50. The van der Waals surface area contributed by atoms with Gasteiger partial charge in [-0.3, -0.25) is 0 Å². The normalized spacial score (nSPS) is 3.78. The van der Waals surface area contributed by atoms with Gasteiger partial charge in [-0.25, -0.2) is 0 Å². The molecule has 0 aliphatic carbocycles. The van der Waals surface area contributed by atoms with Crippen molar-refractivity contribution in [2.24, 2.45) is 0 Å². The van der Waals surface area contributed by atoms with Crippen LogP contribution in [0.15, 0.2) is 0 Å². The van der Waals surface area contributed by atoms with E-state index in [4.69, 9.17) is 18.0 Å². The number of nitrogens with one attached hydrogen (secondary N) is 1. The Labute approximate surface area is 57.5 Å². The van der Waals surface area contributed by atoms with Crippen LogP contribution < -0.4 is 0 Å². The Balaban J connectivity index is -0.0000000221. The molecule has 0 amide bonds. The van der Waals surface area contributed by atoms with Gasteiger partial charge in [-0.2, -0.15) is 0 Å². The van der Waals surface area contributed by atoms with Crippen molar-refractivity contribution in [2.45, 2.75) is 21.3 Å². The van der Waals surface area contributed by atoms with Gasteiger partial charge in [0.2, 0.25) is 0 Å². The highest BCUT2D eigenvalue weighted by atomic mass is 32.2. The minimum atomic E-state index is -3.11. The van der Waals surface area contributed by atoms with Crippen LogP contribution in [0.2, 0.25) is 0 Å². The molecule has 0 aromatic carbocycles. The number of rotatable bonds is 0. The maximum atomic E-state index is 8.44. The van der Waals surface area contributed by atoms with E-state index in [9.17, 15) is 0 Å². The molecule has 0 radical (unpaired) electrons. The van der Waals surface area contributed by atoms with Gasteiger partial charge in [0.25, 0.3) is 0 Å². The predicted molar refractivity (Wildman–Crippen MR) is 37.6 cm³/mol. The van der Waals surface area contributed by atoms with E-state index in [2.05, 4.69) is 6.72 Å². The first-order valence-electron chi connectivity index (χ1n) is 1.85. The van der Waals surface area contributed by atoms with E-state index in [0.29, 0.717) is 0 Å². The first kappa shape index (κ1) is 23.9.